The first-order valence-corrected chi connectivity index (χ1v) is 7.95. The molecule has 1 fully saturated rings. The Labute approximate surface area is 150 Å². The van der Waals surface area contributed by atoms with Crippen molar-refractivity contribution >= 4 is 17.7 Å². The van der Waals surface area contributed by atoms with Gasteiger partial charge >= 0.3 is 11.9 Å². The number of methoxy groups -OCH3 is 3. The first kappa shape index (κ1) is 19.7. The summed E-state index contributed by atoms with van der Waals surface area (Å²) in [5, 5.41) is 20.5. The smallest absolute Gasteiger partial charge is 0.316 e. The highest BCUT2D eigenvalue weighted by atomic mass is 16.5. The van der Waals surface area contributed by atoms with Gasteiger partial charge in [0.15, 0.2) is 17.3 Å². The highest BCUT2D eigenvalue weighted by Gasteiger charge is 2.57. The number of phenolic OH excluding ortho intramolecular Hbond substituents is 1. The molecule has 0 unspecified atom stereocenters. The Morgan fingerprint density at radius 3 is 2.31 bits per heavy atom. The number of benzene rings is 1. The summed E-state index contributed by atoms with van der Waals surface area (Å²) in [5.41, 5.74) is -1.36. The van der Waals surface area contributed by atoms with E-state index >= 15 is 0 Å². The van der Waals surface area contributed by atoms with E-state index in [-0.39, 0.29) is 11.5 Å². The zero-order valence-corrected chi connectivity index (χ0v) is 15.0. The molecule has 1 aromatic rings. The molecule has 8 heteroatoms. The molecule has 0 amide bonds. The summed E-state index contributed by atoms with van der Waals surface area (Å²) in [4.78, 5) is 37.3. The molecular formula is C18H22O8. The molecule has 2 rings (SSSR count). The monoisotopic (exact) mass is 366 g/mol. The van der Waals surface area contributed by atoms with E-state index in [1.807, 2.05) is 0 Å². The largest absolute Gasteiger partial charge is 0.504 e. The van der Waals surface area contributed by atoms with Gasteiger partial charge in [0, 0.05) is 12.3 Å². The predicted molar refractivity (Wildman–Crippen MR) is 88.7 cm³/mol. The number of aliphatic hydroxyl groups is 1. The van der Waals surface area contributed by atoms with E-state index in [0.29, 0.717) is 5.56 Å². The van der Waals surface area contributed by atoms with Crippen molar-refractivity contribution in [2.75, 3.05) is 21.3 Å². The SMILES string of the molecule is COC(=O)[C@@H]1C(=O)C[C@](C)(O)[C@@H](C(=O)OC)[C@H]1c1ccc(O)c(OC)c1. The summed E-state index contributed by atoms with van der Waals surface area (Å²) in [7, 11) is 3.65. The first-order valence-electron chi connectivity index (χ1n) is 7.95. The zero-order valence-electron chi connectivity index (χ0n) is 15.0. The van der Waals surface area contributed by atoms with Crippen LogP contribution in [0.5, 0.6) is 11.5 Å². The second kappa shape index (κ2) is 7.33. The van der Waals surface area contributed by atoms with Crippen LogP contribution in [0.1, 0.15) is 24.8 Å². The van der Waals surface area contributed by atoms with Gasteiger partial charge in [0.2, 0.25) is 0 Å². The van der Waals surface area contributed by atoms with Gasteiger partial charge in [-0.1, -0.05) is 6.07 Å². The molecular weight excluding hydrogens is 344 g/mol. The first-order chi connectivity index (χ1) is 12.2. The Hall–Kier alpha value is -2.61. The fourth-order valence-corrected chi connectivity index (χ4v) is 3.57. The highest BCUT2D eigenvalue weighted by Crippen LogP contribution is 2.47. The van der Waals surface area contributed by atoms with Crippen LogP contribution in [-0.4, -0.2) is 54.9 Å². The fourth-order valence-electron chi connectivity index (χ4n) is 3.57. The number of hydrogen-bond acceptors (Lipinski definition) is 8. The third kappa shape index (κ3) is 3.37. The Morgan fingerprint density at radius 1 is 1.15 bits per heavy atom. The van der Waals surface area contributed by atoms with Crippen LogP contribution in [0, 0.1) is 11.8 Å². The number of aromatic hydroxyl groups is 1. The van der Waals surface area contributed by atoms with Gasteiger partial charge in [0.05, 0.1) is 32.8 Å². The Kier molecular flexibility index (Phi) is 5.56. The third-order valence-electron chi connectivity index (χ3n) is 4.77. The molecule has 0 bridgehead atoms. The molecule has 0 spiro atoms. The molecule has 0 radical (unpaired) electrons. The maximum absolute atomic E-state index is 12.6. The van der Waals surface area contributed by atoms with E-state index in [0.717, 1.165) is 14.2 Å². The van der Waals surface area contributed by atoms with Crippen molar-refractivity contribution < 1.29 is 38.8 Å². The minimum Gasteiger partial charge on any atom is -0.504 e. The number of hydrogen-bond donors (Lipinski definition) is 2. The van der Waals surface area contributed by atoms with Crippen molar-refractivity contribution in [2.24, 2.45) is 11.8 Å². The van der Waals surface area contributed by atoms with Crippen LogP contribution in [0.4, 0.5) is 0 Å². The van der Waals surface area contributed by atoms with Crippen molar-refractivity contribution in [2.45, 2.75) is 24.9 Å². The lowest BCUT2D eigenvalue weighted by Gasteiger charge is -2.43. The van der Waals surface area contributed by atoms with E-state index in [9.17, 15) is 24.6 Å². The molecule has 1 aliphatic rings. The second-order valence-corrected chi connectivity index (χ2v) is 6.46. The highest BCUT2D eigenvalue weighted by molar-refractivity contribution is 6.02. The van der Waals surface area contributed by atoms with E-state index in [2.05, 4.69) is 0 Å². The molecule has 1 aliphatic carbocycles. The van der Waals surface area contributed by atoms with Crippen LogP contribution in [0.15, 0.2) is 18.2 Å². The van der Waals surface area contributed by atoms with E-state index in [1.54, 1.807) is 0 Å². The van der Waals surface area contributed by atoms with Gasteiger partial charge in [0.25, 0.3) is 0 Å². The zero-order chi connectivity index (χ0) is 19.6. The van der Waals surface area contributed by atoms with Gasteiger partial charge in [-0.05, 0) is 24.6 Å². The summed E-state index contributed by atoms with van der Waals surface area (Å²) in [6.07, 6.45) is -0.391. The van der Waals surface area contributed by atoms with E-state index in [1.165, 1.54) is 32.2 Å². The lowest BCUT2D eigenvalue weighted by atomic mass is 9.61. The van der Waals surface area contributed by atoms with Crippen LogP contribution < -0.4 is 4.74 Å². The Bertz CT molecular complexity index is 724. The van der Waals surface area contributed by atoms with Crippen LogP contribution in [0.2, 0.25) is 0 Å². The topological polar surface area (TPSA) is 119 Å². The summed E-state index contributed by atoms with van der Waals surface area (Å²) < 4.78 is 14.6. The summed E-state index contributed by atoms with van der Waals surface area (Å²) in [6, 6.07) is 4.20. The van der Waals surface area contributed by atoms with Gasteiger partial charge < -0.3 is 24.4 Å². The second-order valence-electron chi connectivity index (χ2n) is 6.46. The summed E-state index contributed by atoms with van der Waals surface area (Å²) in [6.45, 7) is 1.35. The lowest BCUT2D eigenvalue weighted by molar-refractivity contribution is -0.170. The average molecular weight is 366 g/mol. The number of phenols is 1. The van der Waals surface area contributed by atoms with Crippen molar-refractivity contribution in [3.05, 3.63) is 23.8 Å². The van der Waals surface area contributed by atoms with Crippen LogP contribution in [0.25, 0.3) is 0 Å². The third-order valence-corrected chi connectivity index (χ3v) is 4.77. The molecule has 8 nitrogen and oxygen atoms in total. The minimum atomic E-state index is -1.72. The lowest BCUT2D eigenvalue weighted by Crippen LogP contribution is -2.55. The molecule has 142 valence electrons. The number of ether oxygens (including phenoxy) is 3. The molecule has 4 atom stereocenters. The standard InChI is InChI=1S/C18H22O8/c1-18(23)8-11(20)14(16(21)25-3)13(15(18)17(22)26-4)9-5-6-10(19)12(7-9)24-2/h5-7,13-15,19,23H,8H2,1-4H3/t13-,14+,15+,18-/m0/s1. The van der Waals surface area contributed by atoms with E-state index < -0.39 is 47.5 Å². The predicted octanol–water partition coefficient (Wildman–Crippen LogP) is 0.787. The van der Waals surface area contributed by atoms with Crippen molar-refractivity contribution in [3.8, 4) is 11.5 Å². The van der Waals surface area contributed by atoms with Crippen LogP contribution >= 0.6 is 0 Å². The van der Waals surface area contributed by atoms with E-state index in [4.69, 9.17) is 14.2 Å². The average Bonchev–Trinajstić information content (AvgIpc) is 2.59. The quantitative estimate of drug-likeness (QED) is 0.593. The number of ketones is 1. The number of esters is 2. The molecule has 0 heterocycles. The van der Waals surface area contributed by atoms with Gasteiger partial charge in [-0.15, -0.1) is 0 Å². The van der Waals surface area contributed by atoms with Gasteiger partial charge in [-0.2, -0.15) is 0 Å². The van der Waals surface area contributed by atoms with Crippen molar-refractivity contribution in [3.63, 3.8) is 0 Å². The normalized spacial score (nSPS) is 28.3. The maximum atomic E-state index is 12.6. The molecule has 26 heavy (non-hydrogen) atoms. The molecule has 0 aromatic heterocycles. The number of carbonyl (C=O) groups excluding carboxylic acids is 3. The summed E-state index contributed by atoms with van der Waals surface area (Å²) in [5.74, 6) is -5.67. The van der Waals surface area contributed by atoms with Gasteiger partial charge in [-0.3, -0.25) is 14.4 Å². The summed E-state index contributed by atoms with van der Waals surface area (Å²) >= 11 is 0. The molecule has 1 aromatic carbocycles. The number of carbonyl (C=O) groups is 3. The van der Waals surface area contributed by atoms with Crippen molar-refractivity contribution in [1.29, 1.82) is 0 Å². The molecule has 1 saturated carbocycles. The molecule has 0 aliphatic heterocycles. The number of Topliss-reactive ketones (excluding diaryl/α,β-unsaturated/α-hetero) is 1. The maximum Gasteiger partial charge on any atom is 0.316 e. The van der Waals surface area contributed by atoms with Crippen molar-refractivity contribution in [1.82, 2.24) is 0 Å². The molecule has 2 N–H and O–H groups in total. The van der Waals surface area contributed by atoms with Crippen LogP contribution in [-0.2, 0) is 23.9 Å². The number of rotatable bonds is 4. The Balaban J connectivity index is 2.69. The minimum absolute atomic E-state index is 0.104. The van der Waals surface area contributed by atoms with Gasteiger partial charge in [-0.25, -0.2) is 0 Å². The Morgan fingerprint density at radius 2 is 1.77 bits per heavy atom. The molecule has 0 saturated heterocycles. The van der Waals surface area contributed by atoms with Gasteiger partial charge in [0.1, 0.15) is 5.92 Å². The van der Waals surface area contributed by atoms with Crippen LogP contribution in [0.3, 0.4) is 0 Å². The fraction of sp³-hybridized carbons (Fsp3) is 0.500.